The lowest BCUT2D eigenvalue weighted by Gasteiger charge is -2.05. The Morgan fingerprint density at radius 1 is 1.50 bits per heavy atom. The van der Waals surface area contributed by atoms with Crippen LogP contribution in [0.2, 0.25) is 0 Å². The molecule has 0 aliphatic carbocycles. The van der Waals surface area contributed by atoms with E-state index in [1.807, 2.05) is 0 Å². The minimum Gasteiger partial charge on any atom is -0.388 e. The van der Waals surface area contributed by atoms with Gasteiger partial charge in [-0.3, -0.25) is 4.79 Å². The molecule has 48 valence electrons. The molecule has 0 amide bonds. The van der Waals surface area contributed by atoms with Crippen LogP contribution in [-0.2, 0) is 4.79 Å². The van der Waals surface area contributed by atoms with Crippen molar-refractivity contribution in [2.24, 2.45) is 0 Å². The Kier molecular flexibility index (Phi) is 3.73. The van der Waals surface area contributed by atoms with Crippen LogP contribution in [0, 0.1) is 0 Å². The highest BCUT2D eigenvalue weighted by Crippen LogP contribution is 2.33. The number of hydrogen-bond donors (Lipinski definition) is 1. The van der Waals surface area contributed by atoms with Crippen LogP contribution < -0.4 is 0 Å². The predicted molar refractivity (Wildman–Crippen MR) is 41.6 cm³/mol. The topological polar surface area (TPSA) is 37.3 Å². The van der Waals surface area contributed by atoms with Crippen LogP contribution >= 0.6 is 47.8 Å². The SMILES string of the molecule is O=C(CO)C(Br)(Br)Br. The summed E-state index contributed by atoms with van der Waals surface area (Å²) in [6.07, 6.45) is 0. The summed E-state index contributed by atoms with van der Waals surface area (Å²) in [6, 6.07) is 0. The van der Waals surface area contributed by atoms with Gasteiger partial charge in [0.05, 0.1) is 0 Å². The van der Waals surface area contributed by atoms with Crippen LogP contribution in [0.3, 0.4) is 0 Å². The smallest absolute Gasteiger partial charge is 0.196 e. The Labute approximate surface area is 72.0 Å². The fraction of sp³-hybridized carbons (Fsp3) is 0.667. The number of aliphatic hydroxyl groups excluding tert-OH is 1. The van der Waals surface area contributed by atoms with Gasteiger partial charge in [0.15, 0.2) is 7.93 Å². The zero-order valence-corrected chi connectivity index (χ0v) is 8.45. The van der Waals surface area contributed by atoms with E-state index in [0.29, 0.717) is 0 Å². The van der Waals surface area contributed by atoms with Crippen molar-refractivity contribution in [2.75, 3.05) is 6.61 Å². The van der Waals surface area contributed by atoms with Crippen molar-refractivity contribution in [3.05, 3.63) is 0 Å². The first-order chi connectivity index (χ1) is 3.48. The normalized spacial score (nSPS) is 11.5. The van der Waals surface area contributed by atoms with Crippen molar-refractivity contribution in [3.63, 3.8) is 0 Å². The summed E-state index contributed by atoms with van der Waals surface area (Å²) in [7, 11) is 0. The largest absolute Gasteiger partial charge is 0.388 e. The van der Waals surface area contributed by atoms with Crippen LogP contribution in [0.5, 0.6) is 0 Å². The van der Waals surface area contributed by atoms with Gasteiger partial charge in [-0.25, -0.2) is 0 Å². The third-order valence-corrected chi connectivity index (χ3v) is 1.79. The average molecular weight is 311 g/mol. The standard InChI is InChI=1S/C3H3Br3O2/c4-3(5,6)2(8)1-7/h7H,1H2. The Bertz CT molecular complexity index is 95.2. The Hall–Kier alpha value is 1.07. The summed E-state index contributed by atoms with van der Waals surface area (Å²) >= 11 is 8.78. The Morgan fingerprint density at radius 3 is 1.88 bits per heavy atom. The van der Waals surface area contributed by atoms with Gasteiger partial charge in [0.2, 0.25) is 0 Å². The maximum Gasteiger partial charge on any atom is 0.196 e. The van der Waals surface area contributed by atoms with Gasteiger partial charge in [0.25, 0.3) is 0 Å². The third kappa shape index (κ3) is 3.17. The lowest BCUT2D eigenvalue weighted by atomic mass is 10.5. The molecule has 0 heterocycles. The van der Waals surface area contributed by atoms with Crippen molar-refractivity contribution in [2.45, 2.75) is 2.14 Å². The number of carbonyl (C=O) groups is 1. The maximum atomic E-state index is 10.4. The summed E-state index contributed by atoms with van der Waals surface area (Å²) < 4.78 is -0.943. The van der Waals surface area contributed by atoms with Crippen LogP contribution in [0.25, 0.3) is 0 Å². The molecule has 0 aromatic rings. The van der Waals surface area contributed by atoms with Crippen LogP contribution in [0.4, 0.5) is 0 Å². The van der Waals surface area contributed by atoms with E-state index < -0.39 is 8.75 Å². The molecule has 5 heteroatoms. The Balaban J connectivity index is 3.82. The van der Waals surface area contributed by atoms with Crippen LogP contribution in [0.15, 0.2) is 0 Å². The van der Waals surface area contributed by atoms with Crippen molar-refractivity contribution in [1.29, 1.82) is 0 Å². The van der Waals surface area contributed by atoms with Gasteiger partial charge in [-0.15, -0.1) is 0 Å². The van der Waals surface area contributed by atoms with Crippen LogP contribution in [-0.4, -0.2) is 19.6 Å². The lowest BCUT2D eigenvalue weighted by Crippen LogP contribution is -2.20. The molecular weight excluding hydrogens is 308 g/mol. The molecule has 0 unspecified atom stereocenters. The van der Waals surface area contributed by atoms with Gasteiger partial charge in [-0.2, -0.15) is 0 Å². The van der Waals surface area contributed by atoms with E-state index in [1.54, 1.807) is 0 Å². The van der Waals surface area contributed by atoms with E-state index in [4.69, 9.17) is 5.11 Å². The quantitative estimate of drug-likeness (QED) is 0.743. The first-order valence-electron chi connectivity index (χ1n) is 1.69. The maximum absolute atomic E-state index is 10.4. The molecule has 0 saturated heterocycles. The second-order valence-electron chi connectivity index (χ2n) is 1.08. The van der Waals surface area contributed by atoms with E-state index in [-0.39, 0.29) is 5.78 Å². The van der Waals surface area contributed by atoms with Crippen molar-refractivity contribution >= 4 is 53.6 Å². The molecule has 1 N–H and O–H groups in total. The first kappa shape index (κ1) is 9.07. The number of ketones is 1. The lowest BCUT2D eigenvalue weighted by molar-refractivity contribution is -0.120. The first-order valence-corrected chi connectivity index (χ1v) is 4.07. The van der Waals surface area contributed by atoms with E-state index in [2.05, 4.69) is 47.8 Å². The van der Waals surface area contributed by atoms with Gasteiger partial charge in [-0.05, 0) is 0 Å². The fourth-order valence-electron chi connectivity index (χ4n) is 0.0896. The van der Waals surface area contributed by atoms with Gasteiger partial charge in [-0.1, -0.05) is 47.8 Å². The number of Topliss-reactive ketones (excluding diaryl/α,β-unsaturated/α-hetero) is 1. The fourth-order valence-corrected chi connectivity index (χ4v) is 0.466. The Morgan fingerprint density at radius 2 is 1.88 bits per heavy atom. The molecule has 0 bridgehead atoms. The van der Waals surface area contributed by atoms with Gasteiger partial charge in [0, 0.05) is 0 Å². The average Bonchev–Trinajstić information content (AvgIpc) is 1.62. The molecule has 0 radical (unpaired) electrons. The van der Waals surface area contributed by atoms with E-state index in [1.165, 1.54) is 0 Å². The molecule has 0 rings (SSSR count). The molecule has 0 fully saturated rings. The number of hydrogen-bond acceptors (Lipinski definition) is 2. The van der Waals surface area contributed by atoms with Crippen molar-refractivity contribution in [1.82, 2.24) is 0 Å². The summed E-state index contributed by atoms with van der Waals surface area (Å²) in [5, 5.41) is 8.23. The monoisotopic (exact) mass is 308 g/mol. The highest BCUT2D eigenvalue weighted by molar-refractivity contribution is 9.40. The number of alkyl halides is 3. The van der Waals surface area contributed by atoms with E-state index in [0.717, 1.165) is 0 Å². The summed E-state index contributed by atoms with van der Waals surface area (Å²) in [5.74, 6) is -0.363. The van der Waals surface area contributed by atoms with Crippen molar-refractivity contribution < 1.29 is 9.90 Å². The molecule has 2 nitrogen and oxygen atoms in total. The molecule has 0 aromatic heterocycles. The van der Waals surface area contributed by atoms with Gasteiger partial charge >= 0.3 is 0 Å². The van der Waals surface area contributed by atoms with Gasteiger partial charge < -0.3 is 5.11 Å². The summed E-state index contributed by atoms with van der Waals surface area (Å²) in [5.41, 5.74) is 0. The zero-order valence-electron chi connectivity index (χ0n) is 3.70. The number of rotatable bonds is 1. The highest BCUT2D eigenvalue weighted by Gasteiger charge is 2.26. The molecule has 0 aliphatic heterocycles. The molecule has 8 heavy (non-hydrogen) atoms. The highest BCUT2D eigenvalue weighted by atomic mass is 80.0. The summed E-state index contributed by atoms with van der Waals surface area (Å²) in [6.45, 7) is -0.484. The predicted octanol–water partition coefficient (Wildman–Crippen LogP) is 1.39. The summed E-state index contributed by atoms with van der Waals surface area (Å²) in [4.78, 5) is 10.4. The number of halogens is 3. The second-order valence-corrected chi connectivity index (χ2v) is 7.84. The van der Waals surface area contributed by atoms with Gasteiger partial charge in [0.1, 0.15) is 6.61 Å². The molecule has 0 aromatic carbocycles. The molecule has 0 atom stereocenters. The molecule has 0 spiro atoms. The minimum atomic E-state index is -0.943. The minimum absolute atomic E-state index is 0.363. The number of aliphatic hydroxyl groups is 1. The third-order valence-electron chi connectivity index (χ3n) is 0.460. The molecular formula is C3H3Br3O2. The zero-order chi connectivity index (χ0) is 6.78. The number of carbonyl (C=O) groups excluding carboxylic acids is 1. The van der Waals surface area contributed by atoms with Crippen molar-refractivity contribution in [3.8, 4) is 0 Å². The second kappa shape index (κ2) is 3.29. The van der Waals surface area contributed by atoms with Crippen LogP contribution in [0.1, 0.15) is 0 Å². The van der Waals surface area contributed by atoms with E-state index >= 15 is 0 Å². The molecule has 0 aliphatic rings. The molecule has 0 saturated carbocycles. The van der Waals surface area contributed by atoms with E-state index in [9.17, 15) is 4.79 Å².